The van der Waals surface area contributed by atoms with Gasteiger partial charge in [0.25, 0.3) is 0 Å². The predicted molar refractivity (Wildman–Crippen MR) is 89.6 cm³/mol. The van der Waals surface area contributed by atoms with Crippen molar-refractivity contribution in [3.05, 3.63) is 59.4 Å². The summed E-state index contributed by atoms with van der Waals surface area (Å²) < 4.78 is 67.6. The monoisotopic (exact) mass is 400 g/mol. The van der Waals surface area contributed by atoms with Gasteiger partial charge in [-0.1, -0.05) is 0 Å². The van der Waals surface area contributed by atoms with Crippen LogP contribution in [0, 0.1) is 17.6 Å². The zero-order chi connectivity index (χ0) is 20.5. The molecule has 3 atom stereocenters. The van der Waals surface area contributed by atoms with Crippen LogP contribution in [0.5, 0.6) is 5.75 Å². The molecule has 1 amide bonds. The van der Waals surface area contributed by atoms with Gasteiger partial charge in [0.2, 0.25) is 5.91 Å². The van der Waals surface area contributed by atoms with E-state index in [2.05, 4.69) is 15.0 Å². The Kier molecular flexibility index (Phi) is 5.53. The summed E-state index contributed by atoms with van der Waals surface area (Å²) in [5.74, 6) is -2.32. The van der Waals surface area contributed by atoms with Gasteiger partial charge in [-0.05, 0) is 49.1 Å². The van der Waals surface area contributed by atoms with Gasteiger partial charge in [0.1, 0.15) is 17.4 Å². The number of aromatic nitrogens is 1. The number of ether oxygens (including phenoxy) is 1. The molecule has 0 saturated heterocycles. The van der Waals surface area contributed by atoms with Crippen molar-refractivity contribution in [2.75, 3.05) is 6.61 Å². The number of rotatable bonds is 6. The highest BCUT2D eigenvalue weighted by atomic mass is 19.4. The molecule has 4 nitrogen and oxygen atoms in total. The minimum absolute atomic E-state index is 0.0324. The van der Waals surface area contributed by atoms with Crippen LogP contribution in [0.25, 0.3) is 0 Å². The number of carbonyl (C=O) groups excluding carboxylic acids is 1. The Hall–Kier alpha value is -2.71. The minimum Gasteiger partial charge on any atom is -0.483 e. The quantitative estimate of drug-likeness (QED) is 0.737. The lowest BCUT2D eigenvalue weighted by Crippen LogP contribution is -2.29. The lowest BCUT2D eigenvalue weighted by molar-refractivity contribution is -0.153. The van der Waals surface area contributed by atoms with Crippen molar-refractivity contribution in [2.45, 2.75) is 31.5 Å². The smallest absolute Gasteiger partial charge is 0.422 e. The van der Waals surface area contributed by atoms with Crippen LogP contribution < -0.4 is 10.1 Å². The summed E-state index contributed by atoms with van der Waals surface area (Å²) in [5, 5.41) is 2.75. The van der Waals surface area contributed by atoms with Gasteiger partial charge < -0.3 is 10.1 Å². The summed E-state index contributed by atoms with van der Waals surface area (Å²) in [5.41, 5.74) is 0.885. The van der Waals surface area contributed by atoms with Crippen molar-refractivity contribution in [1.82, 2.24) is 10.3 Å². The predicted octanol–water partition coefficient (Wildman–Crippen LogP) is 4.28. The minimum atomic E-state index is -4.44. The molecule has 1 aliphatic carbocycles. The first kappa shape index (κ1) is 20.0. The molecule has 28 heavy (non-hydrogen) atoms. The number of hydrogen-bond acceptors (Lipinski definition) is 3. The standard InChI is InChI=1S/C19H17F5N2O2/c1-10(17-3-2-14(8-25-17)28-9-19(22,23)24)26-18(27)16-7-15(16)11-4-12(20)6-13(21)5-11/h2-6,8,10,15-16H,7,9H2,1H3,(H,26,27)/t10-,15+,16-/m1/s1. The number of carbonyl (C=O) groups is 1. The Morgan fingerprint density at radius 3 is 2.50 bits per heavy atom. The third-order valence-corrected chi connectivity index (χ3v) is 4.40. The SMILES string of the molecule is C[C@@H](NC(=O)[C@@H]1C[C@H]1c1cc(F)cc(F)c1)c1ccc(OCC(F)(F)F)cn1. The van der Waals surface area contributed by atoms with Gasteiger partial charge in [-0.25, -0.2) is 8.78 Å². The van der Waals surface area contributed by atoms with Crippen LogP contribution in [0.1, 0.15) is 36.6 Å². The van der Waals surface area contributed by atoms with Crippen molar-refractivity contribution < 1.29 is 31.5 Å². The summed E-state index contributed by atoms with van der Waals surface area (Å²) >= 11 is 0. The number of pyridine rings is 1. The van der Waals surface area contributed by atoms with Crippen LogP contribution in [0.2, 0.25) is 0 Å². The van der Waals surface area contributed by atoms with Crippen LogP contribution in [-0.4, -0.2) is 23.7 Å². The molecule has 0 spiro atoms. The molecule has 3 rings (SSSR count). The fourth-order valence-electron chi connectivity index (χ4n) is 2.94. The van der Waals surface area contributed by atoms with Crippen molar-refractivity contribution in [1.29, 1.82) is 0 Å². The summed E-state index contributed by atoms with van der Waals surface area (Å²) in [4.78, 5) is 16.4. The normalized spacial score (nSPS) is 19.8. The van der Waals surface area contributed by atoms with E-state index < -0.39 is 36.4 Å². The molecule has 150 valence electrons. The highest BCUT2D eigenvalue weighted by Crippen LogP contribution is 2.48. The highest BCUT2D eigenvalue weighted by Gasteiger charge is 2.44. The molecule has 0 bridgehead atoms. The number of benzene rings is 1. The zero-order valence-corrected chi connectivity index (χ0v) is 14.8. The average molecular weight is 400 g/mol. The Labute approximate surface area is 157 Å². The van der Waals surface area contributed by atoms with Gasteiger partial charge >= 0.3 is 6.18 Å². The van der Waals surface area contributed by atoms with Gasteiger partial charge in [-0.15, -0.1) is 0 Å². The van der Waals surface area contributed by atoms with Crippen molar-refractivity contribution in [3.63, 3.8) is 0 Å². The van der Waals surface area contributed by atoms with Gasteiger partial charge in [0.15, 0.2) is 6.61 Å². The number of hydrogen-bond donors (Lipinski definition) is 1. The van der Waals surface area contributed by atoms with Crippen LogP contribution in [0.15, 0.2) is 36.5 Å². The third kappa shape index (κ3) is 5.17. The first-order chi connectivity index (χ1) is 13.1. The summed E-state index contributed by atoms with van der Waals surface area (Å²) in [7, 11) is 0. The topological polar surface area (TPSA) is 51.2 Å². The second-order valence-electron chi connectivity index (χ2n) is 6.70. The maximum Gasteiger partial charge on any atom is 0.422 e. The molecule has 1 aromatic carbocycles. The molecular weight excluding hydrogens is 383 g/mol. The van der Waals surface area contributed by atoms with E-state index in [0.29, 0.717) is 17.7 Å². The summed E-state index contributed by atoms with van der Waals surface area (Å²) in [6.45, 7) is 0.264. The molecular formula is C19H17F5N2O2. The molecule has 1 heterocycles. The number of amides is 1. The van der Waals surface area contributed by atoms with E-state index in [1.54, 1.807) is 6.92 Å². The second-order valence-corrected chi connectivity index (χ2v) is 6.70. The van der Waals surface area contributed by atoms with E-state index in [9.17, 15) is 26.7 Å². The molecule has 0 unspecified atom stereocenters. The van der Waals surface area contributed by atoms with E-state index in [4.69, 9.17) is 0 Å². The maximum atomic E-state index is 13.3. The van der Waals surface area contributed by atoms with Gasteiger partial charge in [0.05, 0.1) is 17.9 Å². The van der Waals surface area contributed by atoms with Gasteiger partial charge in [-0.2, -0.15) is 13.2 Å². The number of alkyl halides is 3. The molecule has 1 aliphatic rings. The van der Waals surface area contributed by atoms with Gasteiger partial charge in [0, 0.05) is 12.0 Å². The Bertz CT molecular complexity index is 834. The van der Waals surface area contributed by atoms with Gasteiger partial charge in [-0.3, -0.25) is 9.78 Å². The van der Waals surface area contributed by atoms with Crippen molar-refractivity contribution >= 4 is 5.91 Å². The molecule has 0 aliphatic heterocycles. The van der Waals surface area contributed by atoms with Crippen LogP contribution in [-0.2, 0) is 4.79 Å². The van der Waals surface area contributed by atoms with E-state index >= 15 is 0 Å². The molecule has 0 radical (unpaired) electrons. The summed E-state index contributed by atoms with van der Waals surface area (Å²) in [6.07, 6.45) is -2.80. The molecule has 1 saturated carbocycles. The zero-order valence-electron chi connectivity index (χ0n) is 14.8. The van der Waals surface area contributed by atoms with Crippen molar-refractivity contribution in [2.24, 2.45) is 5.92 Å². The lowest BCUT2D eigenvalue weighted by Gasteiger charge is -2.14. The maximum absolute atomic E-state index is 13.3. The molecule has 1 N–H and O–H groups in total. The van der Waals surface area contributed by atoms with Crippen LogP contribution in [0.3, 0.4) is 0 Å². The van der Waals surface area contributed by atoms with Crippen molar-refractivity contribution in [3.8, 4) is 5.75 Å². The largest absolute Gasteiger partial charge is 0.483 e. The third-order valence-electron chi connectivity index (χ3n) is 4.40. The van der Waals surface area contributed by atoms with E-state index in [1.807, 2.05) is 0 Å². The number of halogens is 5. The van der Waals surface area contributed by atoms with E-state index in [-0.39, 0.29) is 17.6 Å². The molecule has 2 aromatic rings. The Balaban J connectivity index is 1.55. The number of nitrogens with zero attached hydrogens (tertiary/aromatic N) is 1. The average Bonchev–Trinajstić information content (AvgIpc) is 3.40. The first-order valence-electron chi connectivity index (χ1n) is 8.54. The lowest BCUT2D eigenvalue weighted by atomic mass is 10.1. The molecule has 1 aromatic heterocycles. The van der Waals surface area contributed by atoms with E-state index in [1.165, 1.54) is 24.3 Å². The van der Waals surface area contributed by atoms with Crippen LogP contribution in [0.4, 0.5) is 22.0 Å². The Morgan fingerprint density at radius 1 is 1.25 bits per heavy atom. The fraction of sp³-hybridized carbons (Fsp3) is 0.368. The first-order valence-corrected chi connectivity index (χ1v) is 8.54. The molecule has 1 fully saturated rings. The van der Waals surface area contributed by atoms with Crippen LogP contribution >= 0.6 is 0 Å². The summed E-state index contributed by atoms with van der Waals surface area (Å²) in [6, 6.07) is 5.51. The van der Waals surface area contributed by atoms with E-state index in [0.717, 1.165) is 12.3 Å². The Morgan fingerprint density at radius 2 is 1.93 bits per heavy atom. The fourth-order valence-corrected chi connectivity index (χ4v) is 2.94. The molecule has 9 heteroatoms. The second kappa shape index (κ2) is 7.73. The highest BCUT2D eigenvalue weighted by molar-refractivity contribution is 5.83. The number of nitrogens with one attached hydrogen (secondary N) is 1.